The molecular formula is C13H15NO. The molecule has 0 atom stereocenters. The quantitative estimate of drug-likeness (QED) is 0.718. The van der Waals surface area contributed by atoms with E-state index in [2.05, 4.69) is 43.3 Å². The molecule has 0 saturated carbocycles. The standard InChI is InChI=1S/C13H15NO/c1-10(2)11-5-7-12(8-6-11)13-4-3-9-15-14-13/h3,5-10H,4H2,1-2H3. The summed E-state index contributed by atoms with van der Waals surface area (Å²) in [7, 11) is 0. The van der Waals surface area contributed by atoms with Crippen LogP contribution in [0.3, 0.4) is 0 Å². The Kier molecular flexibility index (Phi) is 2.86. The Morgan fingerprint density at radius 1 is 1.20 bits per heavy atom. The molecule has 2 heteroatoms. The highest BCUT2D eigenvalue weighted by Crippen LogP contribution is 2.16. The van der Waals surface area contributed by atoms with Gasteiger partial charge in [-0.05, 0) is 23.1 Å². The first kappa shape index (κ1) is 9.97. The lowest BCUT2D eigenvalue weighted by Crippen LogP contribution is -2.03. The normalized spacial score (nSPS) is 15.0. The van der Waals surface area contributed by atoms with E-state index in [-0.39, 0.29) is 0 Å². The fourth-order valence-electron chi connectivity index (χ4n) is 1.57. The van der Waals surface area contributed by atoms with E-state index in [4.69, 9.17) is 4.84 Å². The van der Waals surface area contributed by atoms with Crippen LogP contribution in [0.15, 0.2) is 41.8 Å². The minimum Gasteiger partial charge on any atom is -0.365 e. The van der Waals surface area contributed by atoms with Crippen LogP contribution >= 0.6 is 0 Å². The molecule has 0 N–H and O–H groups in total. The van der Waals surface area contributed by atoms with Crippen molar-refractivity contribution in [1.29, 1.82) is 0 Å². The van der Waals surface area contributed by atoms with E-state index < -0.39 is 0 Å². The van der Waals surface area contributed by atoms with Crippen LogP contribution in [0, 0.1) is 0 Å². The summed E-state index contributed by atoms with van der Waals surface area (Å²) in [5, 5.41) is 4.00. The highest BCUT2D eigenvalue weighted by Gasteiger charge is 2.06. The molecule has 1 heterocycles. The van der Waals surface area contributed by atoms with Crippen LogP contribution in [0.2, 0.25) is 0 Å². The first-order valence-corrected chi connectivity index (χ1v) is 5.25. The topological polar surface area (TPSA) is 21.6 Å². The van der Waals surface area contributed by atoms with Crippen molar-refractivity contribution in [3.8, 4) is 0 Å². The van der Waals surface area contributed by atoms with Crippen molar-refractivity contribution < 1.29 is 4.84 Å². The molecule has 1 aromatic carbocycles. The second kappa shape index (κ2) is 4.30. The largest absolute Gasteiger partial charge is 0.365 e. The Bertz CT molecular complexity index is 388. The number of hydrogen-bond donors (Lipinski definition) is 0. The number of allylic oxidation sites excluding steroid dienone is 1. The maximum Gasteiger partial charge on any atom is 0.118 e. The highest BCUT2D eigenvalue weighted by molar-refractivity contribution is 6.01. The Morgan fingerprint density at radius 3 is 2.47 bits per heavy atom. The molecule has 15 heavy (non-hydrogen) atoms. The molecule has 1 aliphatic rings. The molecule has 78 valence electrons. The molecule has 0 unspecified atom stereocenters. The molecule has 0 aliphatic carbocycles. The van der Waals surface area contributed by atoms with Gasteiger partial charge in [-0.1, -0.05) is 43.3 Å². The zero-order chi connectivity index (χ0) is 10.7. The van der Waals surface area contributed by atoms with E-state index in [0.29, 0.717) is 5.92 Å². The van der Waals surface area contributed by atoms with Crippen LogP contribution in [-0.4, -0.2) is 5.71 Å². The smallest absolute Gasteiger partial charge is 0.118 e. The minimum atomic E-state index is 0.573. The van der Waals surface area contributed by atoms with E-state index in [1.165, 1.54) is 5.56 Å². The molecule has 0 amide bonds. The van der Waals surface area contributed by atoms with Crippen molar-refractivity contribution in [2.75, 3.05) is 0 Å². The van der Waals surface area contributed by atoms with Crippen LogP contribution in [-0.2, 0) is 4.84 Å². The number of oxime groups is 1. The van der Waals surface area contributed by atoms with Crippen LogP contribution in [0.5, 0.6) is 0 Å². The number of hydrogen-bond acceptors (Lipinski definition) is 2. The molecule has 0 aromatic heterocycles. The van der Waals surface area contributed by atoms with Gasteiger partial charge in [-0.15, -0.1) is 0 Å². The lowest BCUT2D eigenvalue weighted by Gasteiger charge is -2.09. The average Bonchev–Trinajstić information content (AvgIpc) is 2.30. The van der Waals surface area contributed by atoms with Gasteiger partial charge in [0.1, 0.15) is 6.26 Å². The van der Waals surface area contributed by atoms with Crippen molar-refractivity contribution in [2.45, 2.75) is 26.2 Å². The van der Waals surface area contributed by atoms with Gasteiger partial charge in [-0.3, -0.25) is 0 Å². The lowest BCUT2D eigenvalue weighted by atomic mass is 9.99. The van der Waals surface area contributed by atoms with Gasteiger partial charge in [0, 0.05) is 6.42 Å². The number of rotatable bonds is 2. The van der Waals surface area contributed by atoms with Gasteiger partial charge in [-0.25, -0.2) is 0 Å². The highest BCUT2D eigenvalue weighted by atomic mass is 16.6. The molecule has 0 spiro atoms. The van der Waals surface area contributed by atoms with Crippen LogP contribution in [0.25, 0.3) is 0 Å². The predicted molar refractivity (Wildman–Crippen MR) is 61.9 cm³/mol. The summed E-state index contributed by atoms with van der Waals surface area (Å²) in [5.41, 5.74) is 3.49. The molecule has 2 nitrogen and oxygen atoms in total. The first-order chi connectivity index (χ1) is 7.27. The van der Waals surface area contributed by atoms with Gasteiger partial charge in [0.25, 0.3) is 0 Å². The van der Waals surface area contributed by atoms with Gasteiger partial charge in [-0.2, -0.15) is 0 Å². The lowest BCUT2D eigenvalue weighted by molar-refractivity contribution is 0.262. The molecule has 0 radical (unpaired) electrons. The summed E-state index contributed by atoms with van der Waals surface area (Å²) in [4.78, 5) is 4.92. The van der Waals surface area contributed by atoms with Crippen LogP contribution < -0.4 is 0 Å². The Labute approximate surface area is 90.3 Å². The SMILES string of the molecule is CC(C)c1ccc(C2=NOC=CC2)cc1. The third-order valence-electron chi connectivity index (χ3n) is 2.54. The number of benzene rings is 1. The van der Waals surface area contributed by atoms with E-state index >= 15 is 0 Å². The molecule has 0 saturated heterocycles. The maximum atomic E-state index is 4.92. The molecule has 0 bridgehead atoms. The number of nitrogens with zero attached hydrogens (tertiary/aromatic N) is 1. The second-order valence-corrected chi connectivity index (χ2v) is 4.00. The summed E-state index contributed by atoms with van der Waals surface area (Å²) in [6, 6.07) is 8.52. The summed E-state index contributed by atoms with van der Waals surface area (Å²) in [6.07, 6.45) is 4.44. The zero-order valence-corrected chi connectivity index (χ0v) is 9.10. The van der Waals surface area contributed by atoms with Crippen LogP contribution in [0.4, 0.5) is 0 Å². The van der Waals surface area contributed by atoms with Crippen LogP contribution in [0.1, 0.15) is 37.3 Å². The average molecular weight is 201 g/mol. The summed E-state index contributed by atoms with van der Waals surface area (Å²) in [5.74, 6) is 0.573. The zero-order valence-electron chi connectivity index (χ0n) is 9.10. The molecule has 2 rings (SSSR count). The summed E-state index contributed by atoms with van der Waals surface area (Å²) in [6.45, 7) is 4.39. The van der Waals surface area contributed by atoms with Crippen molar-refractivity contribution in [3.05, 3.63) is 47.7 Å². The molecular weight excluding hydrogens is 186 g/mol. The maximum absolute atomic E-state index is 4.92. The van der Waals surface area contributed by atoms with Gasteiger partial charge >= 0.3 is 0 Å². The van der Waals surface area contributed by atoms with Crippen molar-refractivity contribution >= 4 is 5.71 Å². The molecule has 1 aliphatic heterocycles. The third-order valence-corrected chi connectivity index (χ3v) is 2.54. The van der Waals surface area contributed by atoms with E-state index in [1.807, 2.05) is 6.08 Å². The van der Waals surface area contributed by atoms with Crippen molar-refractivity contribution in [3.63, 3.8) is 0 Å². The predicted octanol–water partition coefficient (Wildman–Crippen LogP) is 3.45. The van der Waals surface area contributed by atoms with Gasteiger partial charge in [0.05, 0.1) is 5.71 Å². The third kappa shape index (κ3) is 2.27. The summed E-state index contributed by atoms with van der Waals surface area (Å²) >= 11 is 0. The molecule has 1 aromatic rings. The van der Waals surface area contributed by atoms with E-state index in [1.54, 1.807) is 6.26 Å². The Balaban J connectivity index is 2.20. The second-order valence-electron chi connectivity index (χ2n) is 4.00. The van der Waals surface area contributed by atoms with E-state index in [0.717, 1.165) is 17.7 Å². The fraction of sp³-hybridized carbons (Fsp3) is 0.308. The minimum absolute atomic E-state index is 0.573. The van der Waals surface area contributed by atoms with Gasteiger partial charge in [0.2, 0.25) is 0 Å². The van der Waals surface area contributed by atoms with E-state index in [9.17, 15) is 0 Å². The van der Waals surface area contributed by atoms with Crippen molar-refractivity contribution in [2.24, 2.45) is 5.16 Å². The summed E-state index contributed by atoms with van der Waals surface area (Å²) < 4.78 is 0. The molecule has 0 fully saturated rings. The van der Waals surface area contributed by atoms with Gasteiger partial charge < -0.3 is 4.84 Å². The first-order valence-electron chi connectivity index (χ1n) is 5.25. The Hall–Kier alpha value is -1.57. The monoisotopic (exact) mass is 201 g/mol. The van der Waals surface area contributed by atoms with Crippen molar-refractivity contribution in [1.82, 2.24) is 0 Å². The fourth-order valence-corrected chi connectivity index (χ4v) is 1.57. The Morgan fingerprint density at radius 2 is 1.93 bits per heavy atom. The van der Waals surface area contributed by atoms with Gasteiger partial charge in [0.15, 0.2) is 0 Å².